The summed E-state index contributed by atoms with van der Waals surface area (Å²) in [5.74, 6) is 1.05. The molecule has 0 atom stereocenters. The quantitative estimate of drug-likeness (QED) is 0.523. The Bertz CT molecular complexity index is 733. The van der Waals surface area contributed by atoms with Crippen molar-refractivity contribution in [2.24, 2.45) is 5.10 Å². The predicted octanol–water partition coefficient (Wildman–Crippen LogP) is 4.40. The van der Waals surface area contributed by atoms with Gasteiger partial charge in [-0.3, -0.25) is 4.79 Å². The summed E-state index contributed by atoms with van der Waals surface area (Å²) in [5.41, 5.74) is 3.85. The highest BCUT2D eigenvalue weighted by Crippen LogP contribution is 2.36. The van der Waals surface area contributed by atoms with Gasteiger partial charge in [-0.05, 0) is 59.1 Å². The molecule has 0 unspecified atom stereocenters. The largest absolute Gasteiger partial charge is 0.490 e. The Morgan fingerprint density at radius 2 is 1.96 bits per heavy atom. The van der Waals surface area contributed by atoms with E-state index in [2.05, 4.69) is 26.5 Å². The zero-order chi connectivity index (χ0) is 18.1. The molecule has 0 bridgehead atoms. The molecule has 132 valence electrons. The van der Waals surface area contributed by atoms with Crippen molar-refractivity contribution in [2.75, 3.05) is 13.2 Å². The summed E-state index contributed by atoms with van der Waals surface area (Å²) in [6.45, 7) is 5.10. The van der Waals surface area contributed by atoms with Crippen LogP contribution in [0.2, 0.25) is 0 Å². The van der Waals surface area contributed by atoms with Gasteiger partial charge in [0.2, 0.25) is 0 Å². The van der Waals surface area contributed by atoms with Crippen molar-refractivity contribution in [1.82, 2.24) is 5.43 Å². The molecule has 2 aromatic carbocycles. The lowest BCUT2D eigenvalue weighted by Gasteiger charge is -2.14. The molecule has 0 spiro atoms. The molecule has 2 rings (SSSR count). The van der Waals surface area contributed by atoms with Gasteiger partial charge in [-0.2, -0.15) is 5.10 Å². The molecule has 1 amide bonds. The predicted molar refractivity (Wildman–Crippen MR) is 103 cm³/mol. The standard InChI is InChI=1S/C19H21BrN2O3/c1-3-10-25-18-16(20)11-14(12-17(18)24-4-2)13-21-22-19(23)15-8-6-5-7-9-15/h5-9,11-13H,3-4,10H2,1-2H3,(H,22,23)/b21-13+. The van der Waals surface area contributed by atoms with Crippen LogP contribution < -0.4 is 14.9 Å². The zero-order valence-electron chi connectivity index (χ0n) is 14.3. The number of carbonyl (C=O) groups excluding carboxylic acids is 1. The van der Waals surface area contributed by atoms with E-state index in [-0.39, 0.29) is 5.91 Å². The molecule has 2 aromatic rings. The normalized spacial score (nSPS) is 10.7. The minimum atomic E-state index is -0.260. The summed E-state index contributed by atoms with van der Waals surface area (Å²) in [7, 11) is 0. The number of benzene rings is 2. The average Bonchev–Trinajstić information content (AvgIpc) is 2.62. The number of nitrogens with one attached hydrogen (secondary N) is 1. The van der Waals surface area contributed by atoms with E-state index >= 15 is 0 Å². The monoisotopic (exact) mass is 404 g/mol. The van der Waals surface area contributed by atoms with Gasteiger partial charge in [-0.1, -0.05) is 25.1 Å². The van der Waals surface area contributed by atoms with Gasteiger partial charge < -0.3 is 9.47 Å². The Morgan fingerprint density at radius 3 is 2.64 bits per heavy atom. The average molecular weight is 405 g/mol. The molecular formula is C19H21BrN2O3. The Morgan fingerprint density at radius 1 is 1.20 bits per heavy atom. The molecule has 0 saturated heterocycles. The lowest BCUT2D eigenvalue weighted by atomic mass is 10.2. The SMILES string of the molecule is CCCOc1c(Br)cc(/C=N/NC(=O)c2ccccc2)cc1OCC. The third kappa shape index (κ3) is 5.60. The van der Waals surface area contributed by atoms with Crippen molar-refractivity contribution in [3.8, 4) is 11.5 Å². The first-order valence-electron chi connectivity index (χ1n) is 8.13. The number of halogens is 1. The molecule has 0 radical (unpaired) electrons. The number of rotatable bonds is 8. The van der Waals surface area contributed by atoms with Crippen LogP contribution in [0.4, 0.5) is 0 Å². The van der Waals surface area contributed by atoms with Gasteiger partial charge in [0, 0.05) is 5.56 Å². The molecule has 0 heterocycles. The number of hydrazone groups is 1. The highest BCUT2D eigenvalue weighted by molar-refractivity contribution is 9.10. The maximum Gasteiger partial charge on any atom is 0.271 e. The number of nitrogens with zero attached hydrogens (tertiary/aromatic N) is 1. The first-order valence-corrected chi connectivity index (χ1v) is 8.92. The van der Waals surface area contributed by atoms with Crippen molar-refractivity contribution in [1.29, 1.82) is 0 Å². The smallest absolute Gasteiger partial charge is 0.271 e. The summed E-state index contributed by atoms with van der Waals surface area (Å²) in [5, 5.41) is 4.01. The van der Waals surface area contributed by atoms with E-state index in [4.69, 9.17) is 9.47 Å². The maximum atomic E-state index is 12.0. The molecular weight excluding hydrogens is 384 g/mol. The zero-order valence-corrected chi connectivity index (χ0v) is 15.9. The van der Waals surface area contributed by atoms with Crippen LogP contribution in [0.1, 0.15) is 36.2 Å². The van der Waals surface area contributed by atoms with Crippen molar-refractivity contribution >= 4 is 28.1 Å². The fraction of sp³-hybridized carbons (Fsp3) is 0.263. The number of carbonyl (C=O) groups is 1. The van der Waals surface area contributed by atoms with E-state index in [0.29, 0.717) is 30.3 Å². The third-order valence-electron chi connectivity index (χ3n) is 3.20. The highest BCUT2D eigenvalue weighted by atomic mass is 79.9. The van der Waals surface area contributed by atoms with Crippen molar-refractivity contribution in [3.05, 3.63) is 58.1 Å². The summed E-state index contributed by atoms with van der Waals surface area (Å²) >= 11 is 3.50. The molecule has 0 aromatic heterocycles. The maximum absolute atomic E-state index is 12.0. The second-order valence-electron chi connectivity index (χ2n) is 5.18. The highest BCUT2D eigenvalue weighted by Gasteiger charge is 2.11. The number of amides is 1. The summed E-state index contributed by atoms with van der Waals surface area (Å²) in [6, 6.07) is 12.6. The molecule has 6 heteroatoms. The van der Waals surface area contributed by atoms with Crippen LogP contribution in [0.15, 0.2) is 52.0 Å². The van der Waals surface area contributed by atoms with Gasteiger partial charge in [-0.25, -0.2) is 5.43 Å². The van der Waals surface area contributed by atoms with E-state index in [1.807, 2.05) is 32.0 Å². The first kappa shape index (κ1) is 19.0. The van der Waals surface area contributed by atoms with Gasteiger partial charge in [0.05, 0.1) is 23.9 Å². The van der Waals surface area contributed by atoms with Crippen molar-refractivity contribution in [3.63, 3.8) is 0 Å². The molecule has 25 heavy (non-hydrogen) atoms. The summed E-state index contributed by atoms with van der Waals surface area (Å²) in [6.07, 6.45) is 2.48. The Labute approximate surface area is 156 Å². The third-order valence-corrected chi connectivity index (χ3v) is 3.79. The van der Waals surface area contributed by atoms with E-state index in [0.717, 1.165) is 16.5 Å². The van der Waals surface area contributed by atoms with Crippen molar-refractivity contribution < 1.29 is 14.3 Å². The van der Waals surface area contributed by atoms with E-state index in [1.54, 1.807) is 30.5 Å². The van der Waals surface area contributed by atoms with Crippen LogP contribution in [0.5, 0.6) is 11.5 Å². The lowest BCUT2D eigenvalue weighted by molar-refractivity contribution is 0.0955. The minimum absolute atomic E-state index is 0.260. The van der Waals surface area contributed by atoms with Gasteiger partial charge in [0.25, 0.3) is 5.91 Å². The fourth-order valence-corrected chi connectivity index (χ4v) is 2.66. The van der Waals surface area contributed by atoms with E-state index < -0.39 is 0 Å². The summed E-state index contributed by atoms with van der Waals surface area (Å²) in [4.78, 5) is 12.0. The number of ether oxygens (including phenoxy) is 2. The van der Waals surface area contributed by atoms with Crippen LogP contribution in [-0.2, 0) is 0 Å². The van der Waals surface area contributed by atoms with Crippen molar-refractivity contribution in [2.45, 2.75) is 20.3 Å². The first-order chi connectivity index (χ1) is 12.2. The molecule has 1 N–H and O–H groups in total. The Balaban J connectivity index is 2.12. The fourth-order valence-electron chi connectivity index (χ4n) is 2.09. The minimum Gasteiger partial charge on any atom is -0.490 e. The van der Waals surface area contributed by atoms with Gasteiger partial charge in [0.15, 0.2) is 11.5 Å². The van der Waals surface area contributed by atoms with Crippen LogP contribution in [0.3, 0.4) is 0 Å². The van der Waals surface area contributed by atoms with Crippen LogP contribution in [0.25, 0.3) is 0 Å². The van der Waals surface area contributed by atoms with Crippen LogP contribution in [0, 0.1) is 0 Å². The van der Waals surface area contributed by atoms with E-state index in [9.17, 15) is 4.79 Å². The van der Waals surface area contributed by atoms with Gasteiger partial charge in [0.1, 0.15) is 0 Å². The molecule has 5 nitrogen and oxygen atoms in total. The number of hydrogen-bond donors (Lipinski definition) is 1. The van der Waals surface area contributed by atoms with Gasteiger partial charge >= 0.3 is 0 Å². The molecule has 0 aliphatic carbocycles. The van der Waals surface area contributed by atoms with Crippen LogP contribution >= 0.6 is 15.9 Å². The molecule has 0 saturated carbocycles. The van der Waals surface area contributed by atoms with Gasteiger partial charge in [-0.15, -0.1) is 0 Å². The molecule has 0 fully saturated rings. The Kier molecular flexibility index (Phi) is 7.47. The molecule has 0 aliphatic rings. The second kappa shape index (κ2) is 9.84. The summed E-state index contributed by atoms with van der Waals surface area (Å²) < 4.78 is 12.2. The number of hydrogen-bond acceptors (Lipinski definition) is 4. The van der Waals surface area contributed by atoms with Crippen LogP contribution in [-0.4, -0.2) is 25.3 Å². The van der Waals surface area contributed by atoms with E-state index in [1.165, 1.54) is 0 Å². The Hall–Kier alpha value is -2.34. The molecule has 0 aliphatic heterocycles. The topological polar surface area (TPSA) is 59.9 Å². The lowest BCUT2D eigenvalue weighted by Crippen LogP contribution is -2.17. The second-order valence-corrected chi connectivity index (χ2v) is 6.03.